The Labute approximate surface area is 139 Å². The van der Waals surface area contributed by atoms with Crippen LogP contribution in [0.15, 0.2) is 48.5 Å². The lowest BCUT2D eigenvalue weighted by molar-refractivity contribution is 0.268. The Morgan fingerprint density at radius 1 is 1.00 bits per heavy atom. The molecule has 1 N–H and O–H groups in total. The number of rotatable bonds is 6. The molecule has 0 amide bonds. The van der Waals surface area contributed by atoms with Gasteiger partial charge in [0.1, 0.15) is 0 Å². The number of hydrogen-bond donors (Lipinski definition) is 1. The molecule has 0 saturated heterocycles. The molecule has 0 aliphatic heterocycles. The van der Waals surface area contributed by atoms with Crippen LogP contribution >= 0.6 is 30.8 Å². The fourth-order valence-corrected chi connectivity index (χ4v) is 3.72. The minimum atomic E-state index is -3.43. The summed E-state index contributed by atoms with van der Waals surface area (Å²) in [6.07, 6.45) is 0. The Bertz CT molecular complexity index is 674. The first kappa shape index (κ1) is 17.3. The standard InChI is InChI=1S/C15H16Cl2NO3P/c1-20-22(19,21-2)15(18-12-6-4-3-5-7-12)11-8-9-13(16)14(17)10-11/h3-10,15,18H,1-2H3/t15-/m0/s1. The molecule has 2 rings (SSSR count). The van der Waals surface area contributed by atoms with Gasteiger partial charge in [-0.25, -0.2) is 0 Å². The van der Waals surface area contributed by atoms with Crippen LogP contribution in [-0.2, 0) is 13.6 Å². The molecule has 7 heteroatoms. The van der Waals surface area contributed by atoms with Crippen LogP contribution in [-0.4, -0.2) is 14.2 Å². The van der Waals surface area contributed by atoms with Crippen molar-refractivity contribution in [2.45, 2.75) is 5.78 Å². The highest BCUT2D eigenvalue weighted by atomic mass is 35.5. The molecule has 0 saturated carbocycles. The maximum Gasteiger partial charge on any atom is 0.356 e. The van der Waals surface area contributed by atoms with Gasteiger partial charge in [-0.1, -0.05) is 47.5 Å². The first-order valence-corrected chi connectivity index (χ1v) is 8.84. The topological polar surface area (TPSA) is 47.6 Å². The third-order valence-corrected chi connectivity index (χ3v) is 5.98. The highest BCUT2D eigenvalue weighted by Gasteiger charge is 2.35. The lowest BCUT2D eigenvalue weighted by Crippen LogP contribution is -2.13. The molecule has 1 atom stereocenters. The van der Waals surface area contributed by atoms with E-state index in [0.717, 1.165) is 5.69 Å². The van der Waals surface area contributed by atoms with Gasteiger partial charge in [0.2, 0.25) is 0 Å². The van der Waals surface area contributed by atoms with Crippen LogP contribution in [0.3, 0.4) is 0 Å². The summed E-state index contributed by atoms with van der Waals surface area (Å²) in [5.74, 6) is -0.709. The molecule has 0 spiro atoms. The number of hydrogen-bond acceptors (Lipinski definition) is 4. The Kier molecular flexibility index (Phi) is 5.90. The van der Waals surface area contributed by atoms with Crippen LogP contribution in [0.2, 0.25) is 10.0 Å². The fraction of sp³-hybridized carbons (Fsp3) is 0.200. The van der Waals surface area contributed by atoms with E-state index in [4.69, 9.17) is 32.2 Å². The second-order valence-electron chi connectivity index (χ2n) is 4.49. The molecule has 0 heterocycles. The second kappa shape index (κ2) is 7.49. The SMILES string of the molecule is COP(=O)(OC)[C@H](Nc1ccccc1)c1ccc(Cl)c(Cl)c1. The van der Waals surface area contributed by atoms with E-state index in [1.807, 2.05) is 30.3 Å². The van der Waals surface area contributed by atoms with Crippen molar-refractivity contribution in [3.05, 3.63) is 64.1 Å². The van der Waals surface area contributed by atoms with Crippen molar-refractivity contribution in [2.24, 2.45) is 0 Å². The first-order valence-electron chi connectivity index (χ1n) is 6.48. The summed E-state index contributed by atoms with van der Waals surface area (Å²) in [4.78, 5) is 0. The first-order chi connectivity index (χ1) is 10.5. The molecule has 118 valence electrons. The average Bonchev–Trinajstić information content (AvgIpc) is 2.55. The molecule has 0 fully saturated rings. The van der Waals surface area contributed by atoms with Gasteiger partial charge in [0.05, 0.1) is 10.0 Å². The van der Waals surface area contributed by atoms with Gasteiger partial charge in [0, 0.05) is 19.9 Å². The second-order valence-corrected chi connectivity index (χ2v) is 7.63. The van der Waals surface area contributed by atoms with Crippen LogP contribution in [0.1, 0.15) is 11.3 Å². The molecular weight excluding hydrogens is 344 g/mol. The average molecular weight is 360 g/mol. The summed E-state index contributed by atoms with van der Waals surface area (Å²) in [6, 6.07) is 14.4. The summed E-state index contributed by atoms with van der Waals surface area (Å²) >= 11 is 12.0. The summed E-state index contributed by atoms with van der Waals surface area (Å²) in [6.45, 7) is 0. The minimum absolute atomic E-state index is 0.373. The fourth-order valence-electron chi connectivity index (χ4n) is 2.01. The maximum absolute atomic E-state index is 12.9. The van der Waals surface area contributed by atoms with Gasteiger partial charge in [-0.3, -0.25) is 4.57 Å². The molecule has 22 heavy (non-hydrogen) atoms. The lowest BCUT2D eigenvalue weighted by atomic mass is 10.2. The van der Waals surface area contributed by atoms with Crippen LogP contribution in [0, 0.1) is 0 Å². The Morgan fingerprint density at radius 2 is 1.64 bits per heavy atom. The molecule has 2 aromatic rings. The van der Waals surface area contributed by atoms with Crippen molar-refractivity contribution < 1.29 is 13.6 Å². The van der Waals surface area contributed by atoms with Gasteiger partial charge >= 0.3 is 7.60 Å². The molecule has 0 aliphatic carbocycles. The van der Waals surface area contributed by atoms with Crippen molar-refractivity contribution in [3.63, 3.8) is 0 Å². The van der Waals surface area contributed by atoms with Crippen molar-refractivity contribution in [3.8, 4) is 0 Å². The summed E-state index contributed by atoms with van der Waals surface area (Å²) in [5.41, 5.74) is 1.44. The van der Waals surface area contributed by atoms with Crippen LogP contribution in [0.4, 0.5) is 5.69 Å². The number of benzene rings is 2. The molecule has 0 unspecified atom stereocenters. The van der Waals surface area contributed by atoms with Gasteiger partial charge in [0.15, 0.2) is 5.78 Å². The molecule has 0 aromatic heterocycles. The van der Waals surface area contributed by atoms with E-state index in [0.29, 0.717) is 15.6 Å². The van der Waals surface area contributed by atoms with Crippen LogP contribution in [0.25, 0.3) is 0 Å². The number of anilines is 1. The number of halogens is 2. The predicted molar refractivity (Wildman–Crippen MR) is 90.9 cm³/mol. The number of para-hydroxylation sites is 1. The van der Waals surface area contributed by atoms with Crippen molar-refractivity contribution in [1.82, 2.24) is 0 Å². The normalized spacial score (nSPS) is 12.9. The zero-order valence-electron chi connectivity index (χ0n) is 12.1. The lowest BCUT2D eigenvalue weighted by Gasteiger charge is -2.26. The highest BCUT2D eigenvalue weighted by molar-refractivity contribution is 7.54. The minimum Gasteiger partial charge on any atom is -0.368 e. The zero-order valence-corrected chi connectivity index (χ0v) is 14.5. The Hall–Kier alpha value is -1.03. The highest BCUT2D eigenvalue weighted by Crippen LogP contribution is 2.60. The van der Waals surface area contributed by atoms with Crippen molar-refractivity contribution in [1.29, 1.82) is 0 Å². The third-order valence-electron chi connectivity index (χ3n) is 3.16. The summed E-state index contributed by atoms with van der Waals surface area (Å²) in [5, 5.41) is 3.97. The van der Waals surface area contributed by atoms with Gasteiger partial charge in [0.25, 0.3) is 0 Å². The van der Waals surface area contributed by atoms with Crippen molar-refractivity contribution in [2.75, 3.05) is 19.5 Å². The van der Waals surface area contributed by atoms with E-state index in [1.54, 1.807) is 18.2 Å². The molecule has 0 bridgehead atoms. The van der Waals surface area contributed by atoms with Crippen LogP contribution in [0.5, 0.6) is 0 Å². The van der Waals surface area contributed by atoms with E-state index in [1.165, 1.54) is 14.2 Å². The summed E-state index contributed by atoms with van der Waals surface area (Å²) < 4.78 is 23.2. The maximum atomic E-state index is 12.9. The van der Waals surface area contributed by atoms with Crippen molar-refractivity contribution >= 4 is 36.5 Å². The van der Waals surface area contributed by atoms with E-state index >= 15 is 0 Å². The van der Waals surface area contributed by atoms with E-state index in [2.05, 4.69) is 5.32 Å². The number of nitrogens with one attached hydrogen (secondary N) is 1. The monoisotopic (exact) mass is 359 g/mol. The zero-order chi connectivity index (χ0) is 16.2. The molecule has 0 radical (unpaired) electrons. The van der Waals surface area contributed by atoms with E-state index in [9.17, 15) is 4.57 Å². The van der Waals surface area contributed by atoms with Gasteiger partial charge in [-0.05, 0) is 29.8 Å². The Balaban J connectivity index is 2.45. The van der Waals surface area contributed by atoms with Gasteiger partial charge in [-0.15, -0.1) is 0 Å². The Morgan fingerprint density at radius 3 is 2.18 bits per heavy atom. The quantitative estimate of drug-likeness (QED) is 0.682. The van der Waals surface area contributed by atoms with Gasteiger partial charge in [-0.2, -0.15) is 0 Å². The van der Waals surface area contributed by atoms with E-state index in [-0.39, 0.29) is 0 Å². The van der Waals surface area contributed by atoms with E-state index < -0.39 is 13.4 Å². The molecule has 2 aromatic carbocycles. The van der Waals surface area contributed by atoms with Crippen LogP contribution < -0.4 is 5.32 Å². The third kappa shape index (κ3) is 3.83. The summed E-state index contributed by atoms with van der Waals surface area (Å²) in [7, 11) is -0.729. The largest absolute Gasteiger partial charge is 0.368 e. The predicted octanol–water partition coefficient (Wildman–Crippen LogP) is 5.59. The van der Waals surface area contributed by atoms with Gasteiger partial charge < -0.3 is 14.4 Å². The molecule has 0 aliphatic rings. The molecular formula is C15H16Cl2NO3P. The smallest absolute Gasteiger partial charge is 0.356 e. The molecule has 4 nitrogen and oxygen atoms in total.